The van der Waals surface area contributed by atoms with Crippen LogP contribution in [0.5, 0.6) is 17.2 Å². The quantitative estimate of drug-likeness (QED) is 0.129. The summed E-state index contributed by atoms with van der Waals surface area (Å²) in [4.78, 5) is 22.0. The lowest BCUT2D eigenvalue weighted by Crippen LogP contribution is -2.46. The molecule has 0 spiro atoms. The summed E-state index contributed by atoms with van der Waals surface area (Å²) in [5.41, 5.74) is 4.67. The fraction of sp³-hybridized carbons (Fsp3) is 0.326. The molecule has 2 aliphatic heterocycles. The number of anilines is 2. The van der Waals surface area contributed by atoms with Crippen molar-refractivity contribution in [3.8, 4) is 22.9 Å². The Morgan fingerprint density at radius 1 is 0.750 bits per heavy atom. The molecule has 0 radical (unpaired) electrons. The van der Waals surface area contributed by atoms with Crippen molar-refractivity contribution in [3.05, 3.63) is 144 Å². The Bertz CT molecular complexity index is 2190. The Morgan fingerprint density at radius 3 is 2.02 bits per heavy atom. The molecule has 2 fully saturated rings. The first-order chi connectivity index (χ1) is 27.5. The number of hydrogen-bond donors (Lipinski definition) is 0. The molecule has 0 aliphatic carbocycles. The molecule has 2 saturated heterocycles. The normalized spacial score (nSPS) is 18.3. The van der Waals surface area contributed by atoms with E-state index in [-0.39, 0.29) is 11.8 Å². The van der Waals surface area contributed by atoms with Crippen LogP contribution in [0.1, 0.15) is 25.0 Å². The molecular weight excluding hydrogens is 711 g/mol. The fourth-order valence-corrected chi connectivity index (χ4v) is 7.37. The highest BCUT2D eigenvalue weighted by atomic mass is 16.8. The van der Waals surface area contributed by atoms with Crippen LogP contribution >= 0.6 is 0 Å². The second-order valence-electron chi connectivity index (χ2n) is 13.8. The SMILES string of the molecule is CCOc1cccc(OCC)c1C1(Cn2ccnc2)OCC(COc2ccc(N3CCN(c4ccc(-n5cnn(Cc6ccccc6)c5=O)cc4)CC3)cc2)O1. The summed E-state index contributed by atoms with van der Waals surface area (Å²) in [6, 6.07) is 32.0. The predicted octanol–water partition coefficient (Wildman–Crippen LogP) is 5.75. The maximum absolute atomic E-state index is 13.0. The molecule has 8 rings (SSSR count). The maximum Gasteiger partial charge on any atom is 0.350 e. The van der Waals surface area contributed by atoms with Crippen molar-refractivity contribution in [2.75, 3.05) is 62.4 Å². The van der Waals surface area contributed by atoms with Crippen molar-refractivity contribution >= 4 is 11.4 Å². The summed E-state index contributed by atoms with van der Waals surface area (Å²) in [5, 5.41) is 4.34. The molecule has 6 aromatic rings. The molecule has 2 aromatic heterocycles. The van der Waals surface area contributed by atoms with Gasteiger partial charge in [0.2, 0.25) is 5.79 Å². The maximum atomic E-state index is 13.0. The van der Waals surface area contributed by atoms with Crippen LogP contribution in [0.3, 0.4) is 0 Å². The topological polar surface area (TPSA) is 110 Å². The van der Waals surface area contributed by atoms with Gasteiger partial charge >= 0.3 is 5.69 Å². The zero-order valence-corrected chi connectivity index (χ0v) is 31.8. The lowest BCUT2D eigenvalue weighted by Gasteiger charge is -2.37. The van der Waals surface area contributed by atoms with Crippen LogP contribution < -0.4 is 29.7 Å². The van der Waals surface area contributed by atoms with Gasteiger partial charge in [0.25, 0.3) is 0 Å². The Kier molecular flexibility index (Phi) is 11.0. The minimum atomic E-state index is -1.16. The molecule has 4 aromatic carbocycles. The van der Waals surface area contributed by atoms with E-state index in [1.165, 1.54) is 4.68 Å². The van der Waals surface area contributed by atoms with Crippen molar-refractivity contribution < 1.29 is 23.7 Å². The summed E-state index contributed by atoms with van der Waals surface area (Å²) in [6.07, 6.45) is 6.63. The highest BCUT2D eigenvalue weighted by Crippen LogP contribution is 2.46. The van der Waals surface area contributed by atoms with Gasteiger partial charge in [0.1, 0.15) is 36.3 Å². The first-order valence-corrected chi connectivity index (χ1v) is 19.2. The van der Waals surface area contributed by atoms with Gasteiger partial charge in [-0.2, -0.15) is 5.10 Å². The van der Waals surface area contributed by atoms with Crippen LogP contribution in [0, 0.1) is 0 Å². The van der Waals surface area contributed by atoms with Crippen LogP contribution in [0.2, 0.25) is 0 Å². The summed E-state index contributed by atoms with van der Waals surface area (Å²) >= 11 is 0. The van der Waals surface area contributed by atoms with Crippen LogP contribution in [-0.4, -0.2) is 82.6 Å². The van der Waals surface area contributed by atoms with Crippen LogP contribution in [0.25, 0.3) is 5.69 Å². The largest absolute Gasteiger partial charge is 0.493 e. The van der Waals surface area contributed by atoms with Gasteiger partial charge in [0.05, 0.1) is 50.5 Å². The second-order valence-corrected chi connectivity index (χ2v) is 13.8. The third kappa shape index (κ3) is 8.00. The Morgan fingerprint density at radius 2 is 1.39 bits per heavy atom. The number of imidazole rings is 1. The highest BCUT2D eigenvalue weighted by Gasteiger charge is 2.48. The molecule has 0 amide bonds. The molecule has 13 nitrogen and oxygen atoms in total. The van der Waals surface area contributed by atoms with E-state index in [0.29, 0.717) is 51.0 Å². The van der Waals surface area contributed by atoms with Gasteiger partial charge in [-0.05, 0) is 80.1 Å². The zero-order valence-electron chi connectivity index (χ0n) is 31.8. The molecule has 13 heteroatoms. The summed E-state index contributed by atoms with van der Waals surface area (Å²) < 4.78 is 36.6. The highest BCUT2D eigenvalue weighted by molar-refractivity contribution is 5.55. The Hall–Kier alpha value is -6.05. The van der Waals surface area contributed by atoms with E-state index in [1.54, 1.807) is 23.4 Å². The molecular formula is C43H47N7O6. The monoisotopic (exact) mass is 757 g/mol. The molecule has 0 bridgehead atoms. The number of piperazine rings is 1. The summed E-state index contributed by atoms with van der Waals surface area (Å²) in [5.74, 6) is 0.918. The number of ether oxygens (including phenoxy) is 5. The third-order valence-corrected chi connectivity index (χ3v) is 10.1. The minimum absolute atomic E-state index is 0.160. The lowest BCUT2D eigenvalue weighted by molar-refractivity contribution is -0.191. The first-order valence-electron chi connectivity index (χ1n) is 19.2. The average Bonchev–Trinajstić information content (AvgIpc) is 3.99. The second kappa shape index (κ2) is 16.8. The Labute approximate surface area is 326 Å². The molecule has 0 N–H and O–H groups in total. The third-order valence-electron chi connectivity index (χ3n) is 10.1. The van der Waals surface area contributed by atoms with Gasteiger partial charge in [0.15, 0.2) is 0 Å². The summed E-state index contributed by atoms with van der Waals surface area (Å²) in [7, 11) is 0. The molecule has 2 aliphatic rings. The van der Waals surface area contributed by atoms with Gasteiger partial charge in [-0.25, -0.2) is 19.0 Å². The van der Waals surface area contributed by atoms with E-state index in [2.05, 4.69) is 44.1 Å². The van der Waals surface area contributed by atoms with Crippen LogP contribution in [0.15, 0.2) is 127 Å². The standard InChI is InChI=1S/C43H47N7O6/c1-3-52-39-11-8-12-40(53-4-2)41(39)43(30-46-22-21-44-31-46)55-29-38(56-43)28-54-37-19-17-35(18-20-37)48-25-23-47(24-26-48)34-13-15-36(16-14-34)49-32-45-50(42(49)51)27-33-9-6-5-7-10-33/h5-22,31-32,38H,3-4,23-30H2,1-2H3. The van der Waals surface area contributed by atoms with E-state index in [1.807, 2.05) is 97.4 Å². The van der Waals surface area contributed by atoms with E-state index in [0.717, 1.165) is 60.1 Å². The number of aromatic nitrogens is 5. The smallest absolute Gasteiger partial charge is 0.350 e. The van der Waals surface area contributed by atoms with Crippen LogP contribution in [-0.2, 0) is 28.4 Å². The number of hydrogen-bond acceptors (Lipinski definition) is 10. The Balaban J connectivity index is 0.861. The van der Waals surface area contributed by atoms with Crippen molar-refractivity contribution in [1.82, 2.24) is 23.9 Å². The van der Waals surface area contributed by atoms with Crippen LogP contribution in [0.4, 0.5) is 11.4 Å². The predicted molar refractivity (Wildman–Crippen MR) is 213 cm³/mol. The molecule has 4 heterocycles. The first kappa shape index (κ1) is 36.9. The minimum Gasteiger partial charge on any atom is -0.493 e. The van der Waals surface area contributed by atoms with Gasteiger partial charge in [-0.1, -0.05) is 36.4 Å². The zero-order chi connectivity index (χ0) is 38.3. The average molecular weight is 758 g/mol. The number of benzene rings is 4. The van der Waals surface area contributed by atoms with Crippen molar-refractivity contribution in [1.29, 1.82) is 0 Å². The number of nitrogens with zero attached hydrogens (tertiary/aromatic N) is 7. The molecule has 2 atom stereocenters. The van der Waals surface area contributed by atoms with E-state index >= 15 is 0 Å². The summed E-state index contributed by atoms with van der Waals surface area (Å²) in [6.45, 7) is 9.86. The lowest BCUT2D eigenvalue weighted by atomic mass is 10.0. The van der Waals surface area contributed by atoms with E-state index in [4.69, 9.17) is 23.7 Å². The van der Waals surface area contributed by atoms with Gasteiger partial charge in [-0.3, -0.25) is 0 Å². The number of rotatable bonds is 15. The van der Waals surface area contributed by atoms with Gasteiger partial charge in [-0.15, -0.1) is 0 Å². The molecule has 0 saturated carbocycles. The van der Waals surface area contributed by atoms with Gasteiger partial charge in [0, 0.05) is 49.9 Å². The molecule has 2 unspecified atom stereocenters. The molecule has 290 valence electrons. The van der Waals surface area contributed by atoms with Crippen molar-refractivity contribution in [3.63, 3.8) is 0 Å². The molecule has 56 heavy (non-hydrogen) atoms. The van der Waals surface area contributed by atoms with Gasteiger partial charge < -0.3 is 38.1 Å². The van der Waals surface area contributed by atoms with E-state index in [9.17, 15) is 4.79 Å². The van der Waals surface area contributed by atoms with Crippen molar-refractivity contribution in [2.24, 2.45) is 0 Å². The van der Waals surface area contributed by atoms with Crippen molar-refractivity contribution in [2.45, 2.75) is 38.8 Å². The fourth-order valence-electron chi connectivity index (χ4n) is 7.37. The van der Waals surface area contributed by atoms with E-state index < -0.39 is 5.79 Å².